The first kappa shape index (κ1) is 24.0. The predicted molar refractivity (Wildman–Crippen MR) is 111 cm³/mol. The number of carbonyl (C=O) groups is 4. The van der Waals surface area contributed by atoms with E-state index in [0.29, 0.717) is 13.0 Å². The number of hydrogen-bond donors (Lipinski definition) is 3. The molecule has 0 radical (unpaired) electrons. The van der Waals surface area contributed by atoms with E-state index in [2.05, 4.69) is 16.1 Å². The number of ether oxygens (including phenoxy) is 2. The molecule has 0 saturated carbocycles. The van der Waals surface area contributed by atoms with Gasteiger partial charge in [0, 0.05) is 12.5 Å². The number of nitrogens with zero attached hydrogens (tertiary/aromatic N) is 1. The standard InChI is InChI=1S/C21H30N4O6/c1-21(2,3)25(24-20(29)31-13-14-8-6-5-7-9-14)19(28)23-16(18(27)30-4)12-15-10-11-22-17(15)26/h5-9,15-16H,10-13H2,1-4H3,(H,22,26)(H,23,28)(H,24,29)/t15-,16-/m0/s1. The molecule has 31 heavy (non-hydrogen) atoms. The summed E-state index contributed by atoms with van der Waals surface area (Å²) in [6.07, 6.45) is -0.158. The van der Waals surface area contributed by atoms with Crippen LogP contribution in [0.5, 0.6) is 0 Å². The van der Waals surface area contributed by atoms with E-state index in [-0.39, 0.29) is 18.9 Å². The lowest BCUT2D eigenvalue weighted by Gasteiger charge is -2.35. The summed E-state index contributed by atoms with van der Waals surface area (Å²) in [6.45, 7) is 5.69. The van der Waals surface area contributed by atoms with Crippen LogP contribution in [0.3, 0.4) is 0 Å². The minimum absolute atomic E-state index is 0.0356. The summed E-state index contributed by atoms with van der Waals surface area (Å²) in [5, 5.41) is 6.31. The third kappa shape index (κ3) is 7.16. The van der Waals surface area contributed by atoms with E-state index in [1.165, 1.54) is 7.11 Å². The Labute approximate surface area is 181 Å². The van der Waals surface area contributed by atoms with E-state index < -0.39 is 35.6 Å². The van der Waals surface area contributed by atoms with Gasteiger partial charge in [0.15, 0.2) is 0 Å². The molecular weight excluding hydrogens is 404 g/mol. The van der Waals surface area contributed by atoms with Gasteiger partial charge in [0.1, 0.15) is 12.6 Å². The molecule has 0 unspecified atom stereocenters. The first-order valence-corrected chi connectivity index (χ1v) is 10.1. The molecule has 2 atom stereocenters. The van der Waals surface area contributed by atoms with Crippen LogP contribution < -0.4 is 16.1 Å². The van der Waals surface area contributed by atoms with Crippen molar-refractivity contribution in [2.75, 3.05) is 13.7 Å². The van der Waals surface area contributed by atoms with E-state index in [1.807, 2.05) is 30.3 Å². The van der Waals surface area contributed by atoms with Gasteiger partial charge in [0.05, 0.1) is 12.6 Å². The van der Waals surface area contributed by atoms with Crippen molar-refractivity contribution < 1.29 is 28.7 Å². The number of hydrogen-bond acceptors (Lipinski definition) is 6. The summed E-state index contributed by atoms with van der Waals surface area (Å²) in [5.41, 5.74) is 2.38. The van der Waals surface area contributed by atoms with Gasteiger partial charge in [-0.05, 0) is 39.2 Å². The fraction of sp³-hybridized carbons (Fsp3) is 0.524. The van der Waals surface area contributed by atoms with Gasteiger partial charge in [-0.3, -0.25) is 4.79 Å². The van der Waals surface area contributed by atoms with Crippen LogP contribution in [0.4, 0.5) is 9.59 Å². The van der Waals surface area contributed by atoms with Crippen LogP contribution >= 0.6 is 0 Å². The zero-order chi connectivity index (χ0) is 23.0. The second-order valence-corrected chi connectivity index (χ2v) is 8.22. The first-order valence-electron chi connectivity index (χ1n) is 10.1. The maximum atomic E-state index is 12.9. The Hall–Kier alpha value is -3.30. The normalized spacial score (nSPS) is 16.6. The van der Waals surface area contributed by atoms with E-state index in [4.69, 9.17) is 9.47 Å². The lowest BCUT2D eigenvalue weighted by atomic mass is 9.98. The van der Waals surface area contributed by atoms with Crippen molar-refractivity contribution in [1.82, 2.24) is 21.1 Å². The molecule has 0 bridgehead atoms. The molecule has 0 aliphatic carbocycles. The fourth-order valence-corrected chi connectivity index (χ4v) is 3.09. The Morgan fingerprint density at radius 2 is 1.90 bits per heavy atom. The van der Waals surface area contributed by atoms with Crippen molar-refractivity contribution in [1.29, 1.82) is 0 Å². The molecule has 1 aliphatic rings. The molecule has 1 fully saturated rings. The minimum atomic E-state index is -1.04. The third-order valence-corrected chi connectivity index (χ3v) is 4.76. The molecule has 0 aromatic heterocycles. The Bertz CT molecular complexity index is 793. The monoisotopic (exact) mass is 434 g/mol. The largest absolute Gasteiger partial charge is 0.467 e. The number of nitrogens with one attached hydrogen (secondary N) is 3. The topological polar surface area (TPSA) is 126 Å². The molecule has 1 aliphatic heterocycles. The average molecular weight is 434 g/mol. The summed E-state index contributed by atoms with van der Waals surface area (Å²) in [6, 6.07) is 7.34. The van der Waals surface area contributed by atoms with Crippen molar-refractivity contribution in [3.63, 3.8) is 0 Å². The molecule has 2 rings (SSSR count). The number of carbonyl (C=O) groups excluding carboxylic acids is 4. The van der Waals surface area contributed by atoms with Crippen LogP contribution in [0.15, 0.2) is 30.3 Å². The number of esters is 1. The summed E-state index contributed by atoms with van der Waals surface area (Å²) in [7, 11) is 1.21. The molecule has 1 aromatic carbocycles. The van der Waals surface area contributed by atoms with Gasteiger partial charge in [-0.15, -0.1) is 0 Å². The van der Waals surface area contributed by atoms with Crippen molar-refractivity contribution in [3.05, 3.63) is 35.9 Å². The van der Waals surface area contributed by atoms with Crippen molar-refractivity contribution in [2.24, 2.45) is 5.92 Å². The lowest BCUT2D eigenvalue weighted by Crippen LogP contribution is -2.61. The van der Waals surface area contributed by atoms with Crippen LogP contribution in [0.2, 0.25) is 0 Å². The van der Waals surface area contributed by atoms with Crippen molar-refractivity contribution in [3.8, 4) is 0 Å². The molecule has 170 valence electrons. The second-order valence-electron chi connectivity index (χ2n) is 8.22. The van der Waals surface area contributed by atoms with Gasteiger partial charge in [-0.2, -0.15) is 0 Å². The number of methoxy groups -OCH3 is 1. The molecular formula is C21H30N4O6. The maximum absolute atomic E-state index is 12.9. The molecule has 3 N–H and O–H groups in total. The van der Waals surface area contributed by atoms with Gasteiger partial charge in [-0.1, -0.05) is 30.3 Å². The number of benzene rings is 1. The maximum Gasteiger partial charge on any atom is 0.426 e. The Morgan fingerprint density at radius 3 is 2.45 bits per heavy atom. The van der Waals surface area contributed by atoms with Crippen LogP contribution in [-0.4, -0.2) is 54.2 Å². The summed E-state index contributed by atoms with van der Waals surface area (Å²) in [5.74, 6) is -1.25. The fourth-order valence-electron chi connectivity index (χ4n) is 3.09. The van der Waals surface area contributed by atoms with Gasteiger partial charge in [-0.25, -0.2) is 24.8 Å². The number of amides is 4. The summed E-state index contributed by atoms with van der Waals surface area (Å²) >= 11 is 0. The van der Waals surface area contributed by atoms with Crippen LogP contribution in [0, 0.1) is 5.92 Å². The van der Waals surface area contributed by atoms with Crippen molar-refractivity contribution in [2.45, 2.75) is 51.8 Å². The van der Waals surface area contributed by atoms with Crippen molar-refractivity contribution >= 4 is 24.0 Å². The average Bonchev–Trinajstić information content (AvgIpc) is 3.13. The quantitative estimate of drug-likeness (QED) is 0.462. The highest BCUT2D eigenvalue weighted by Crippen LogP contribution is 2.18. The van der Waals surface area contributed by atoms with E-state index >= 15 is 0 Å². The summed E-state index contributed by atoms with van der Waals surface area (Å²) in [4.78, 5) is 49.3. The number of urea groups is 1. The zero-order valence-corrected chi connectivity index (χ0v) is 18.3. The molecule has 1 heterocycles. The molecule has 10 nitrogen and oxygen atoms in total. The highest BCUT2D eigenvalue weighted by atomic mass is 16.6. The molecule has 1 saturated heterocycles. The third-order valence-electron chi connectivity index (χ3n) is 4.76. The first-order chi connectivity index (χ1) is 14.6. The Morgan fingerprint density at radius 1 is 1.23 bits per heavy atom. The van der Waals surface area contributed by atoms with Crippen LogP contribution in [0.1, 0.15) is 39.2 Å². The predicted octanol–water partition coefficient (Wildman–Crippen LogP) is 1.71. The Balaban J connectivity index is 2.03. The number of hydrazine groups is 1. The molecule has 0 spiro atoms. The van der Waals surface area contributed by atoms with E-state index in [9.17, 15) is 19.2 Å². The second kappa shape index (κ2) is 10.6. The number of rotatable bonds is 6. The van der Waals surface area contributed by atoms with Crippen LogP contribution in [-0.2, 0) is 25.7 Å². The van der Waals surface area contributed by atoms with Gasteiger partial charge in [0.2, 0.25) is 5.91 Å². The highest BCUT2D eigenvalue weighted by molar-refractivity contribution is 5.86. The molecule has 10 heteroatoms. The van der Waals surface area contributed by atoms with Gasteiger partial charge >= 0.3 is 18.1 Å². The van der Waals surface area contributed by atoms with Crippen LogP contribution in [0.25, 0.3) is 0 Å². The molecule has 1 aromatic rings. The smallest absolute Gasteiger partial charge is 0.426 e. The SMILES string of the molecule is COC(=O)[C@H](C[C@@H]1CCNC1=O)NC(=O)N(NC(=O)OCc1ccccc1)C(C)(C)C. The zero-order valence-electron chi connectivity index (χ0n) is 18.3. The van der Waals surface area contributed by atoms with Gasteiger partial charge in [0.25, 0.3) is 0 Å². The highest BCUT2D eigenvalue weighted by Gasteiger charge is 2.35. The van der Waals surface area contributed by atoms with E-state index in [0.717, 1.165) is 10.6 Å². The van der Waals surface area contributed by atoms with Gasteiger partial charge < -0.3 is 20.1 Å². The summed E-state index contributed by atoms with van der Waals surface area (Å²) < 4.78 is 9.96. The molecule has 4 amide bonds. The van der Waals surface area contributed by atoms with E-state index in [1.54, 1.807) is 20.8 Å². The minimum Gasteiger partial charge on any atom is -0.467 e. The Kier molecular flexibility index (Phi) is 8.23. The lowest BCUT2D eigenvalue weighted by molar-refractivity contribution is -0.143.